The first-order valence-corrected chi connectivity index (χ1v) is 5.78. The summed E-state index contributed by atoms with van der Waals surface area (Å²) in [5.74, 6) is 0. The van der Waals surface area contributed by atoms with E-state index in [1.165, 1.54) is 12.8 Å². The number of hydrogen-bond donors (Lipinski definition) is 0. The van der Waals surface area contributed by atoms with Crippen LogP contribution in [0.25, 0.3) is 0 Å². The SMILES string of the molecule is CCC1=CC[C]([Ti][CH3])=C1.Cl.Cl. The summed E-state index contributed by atoms with van der Waals surface area (Å²) in [6.07, 6.45) is 7.23. The van der Waals surface area contributed by atoms with Gasteiger partial charge in [0.05, 0.1) is 0 Å². The van der Waals surface area contributed by atoms with Gasteiger partial charge in [0.1, 0.15) is 0 Å². The first-order valence-electron chi connectivity index (χ1n) is 3.44. The monoisotopic (exact) mass is 228 g/mol. The van der Waals surface area contributed by atoms with E-state index in [0.717, 1.165) is 0 Å². The standard InChI is InChI=1S/C7H9.CH3.2ClH.Ti/c1-2-7-5-3-4-6-7;;;;/h5-6H,2-3H2,1H3;1H3;2*1H;. The van der Waals surface area contributed by atoms with Gasteiger partial charge in [-0.25, -0.2) is 0 Å². The molecule has 0 aromatic heterocycles. The second kappa shape index (κ2) is 7.42. The molecule has 0 aromatic rings. The van der Waals surface area contributed by atoms with Crippen molar-refractivity contribution in [2.75, 3.05) is 0 Å². The largest absolute Gasteiger partial charge is 0.147 e. The van der Waals surface area contributed by atoms with Crippen molar-refractivity contribution < 1.29 is 19.2 Å². The van der Waals surface area contributed by atoms with Crippen molar-refractivity contribution in [3.8, 4) is 0 Å². The summed E-state index contributed by atoms with van der Waals surface area (Å²) >= 11 is 0.265. The zero-order valence-electron chi connectivity index (χ0n) is 6.89. The first-order chi connectivity index (χ1) is 4.36. The fraction of sp³-hybridized carbons (Fsp3) is 0.500. The number of allylic oxidation sites excluding steroid dienone is 4. The molecule has 1 aliphatic carbocycles. The number of hydrogen-bond acceptors (Lipinski definition) is 0. The molecule has 0 nitrogen and oxygen atoms in total. The van der Waals surface area contributed by atoms with E-state index in [-0.39, 0.29) is 44.0 Å². The topological polar surface area (TPSA) is 0 Å². The van der Waals surface area contributed by atoms with Crippen LogP contribution in [0.1, 0.15) is 19.8 Å². The predicted octanol–water partition coefficient (Wildman–Crippen LogP) is 3.58. The van der Waals surface area contributed by atoms with Crippen molar-refractivity contribution in [3.63, 3.8) is 0 Å². The van der Waals surface area contributed by atoms with Gasteiger partial charge in [0.15, 0.2) is 0 Å². The molecule has 1 rings (SSSR count). The van der Waals surface area contributed by atoms with Crippen LogP contribution in [0.15, 0.2) is 21.6 Å². The van der Waals surface area contributed by atoms with Crippen molar-refractivity contribution in [2.24, 2.45) is 0 Å². The summed E-state index contributed by atoms with van der Waals surface area (Å²) in [4.78, 5) is 0. The van der Waals surface area contributed by atoms with Gasteiger partial charge in [0.25, 0.3) is 0 Å². The maximum Gasteiger partial charge on any atom is -0.147 e. The molecule has 0 spiro atoms. The molecule has 0 atom stereocenters. The Morgan fingerprint density at radius 3 is 2.36 bits per heavy atom. The fourth-order valence-electron chi connectivity index (χ4n) is 1.00. The van der Waals surface area contributed by atoms with Crippen LogP contribution >= 0.6 is 24.8 Å². The van der Waals surface area contributed by atoms with Gasteiger partial charge < -0.3 is 0 Å². The van der Waals surface area contributed by atoms with Gasteiger partial charge in [-0.2, -0.15) is 0 Å². The van der Waals surface area contributed by atoms with Gasteiger partial charge in [-0.15, -0.1) is 24.8 Å². The molecule has 0 aliphatic heterocycles. The summed E-state index contributed by atoms with van der Waals surface area (Å²) in [5, 5.41) is 2.35. The normalized spacial score (nSPS) is 14.0. The van der Waals surface area contributed by atoms with Crippen molar-refractivity contribution in [2.45, 2.75) is 25.0 Å². The molecule has 0 unspecified atom stereocenters. The predicted molar refractivity (Wildman–Crippen MR) is 51.4 cm³/mol. The Kier molecular flexibility index (Phi) is 9.66. The summed E-state index contributed by atoms with van der Waals surface area (Å²) in [7, 11) is 0. The van der Waals surface area contributed by atoms with E-state index < -0.39 is 0 Å². The smallest absolute Gasteiger partial charge is 0.147 e. The third kappa shape index (κ3) is 4.37. The number of rotatable bonds is 2. The molecule has 0 saturated carbocycles. The third-order valence-corrected chi connectivity index (χ3v) is 3.22. The van der Waals surface area contributed by atoms with E-state index in [2.05, 4.69) is 24.3 Å². The minimum absolute atomic E-state index is 0. The summed E-state index contributed by atoms with van der Waals surface area (Å²) in [6, 6.07) is 0. The Morgan fingerprint density at radius 1 is 1.45 bits per heavy atom. The van der Waals surface area contributed by atoms with E-state index in [1.54, 1.807) is 9.45 Å². The number of halogens is 2. The van der Waals surface area contributed by atoms with Crippen LogP contribution in [0.3, 0.4) is 0 Å². The molecule has 0 N–H and O–H groups in total. The van der Waals surface area contributed by atoms with Gasteiger partial charge in [0.2, 0.25) is 0 Å². The third-order valence-electron chi connectivity index (χ3n) is 1.67. The molecule has 0 aromatic carbocycles. The molecule has 0 bridgehead atoms. The van der Waals surface area contributed by atoms with E-state index >= 15 is 0 Å². The Balaban J connectivity index is 0. The van der Waals surface area contributed by atoms with Gasteiger partial charge in [-0.3, -0.25) is 0 Å². The average molecular weight is 229 g/mol. The Bertz CT molecular complexity index is 161. The second-order valence-corrected chi connectivity index (χ2v) is 4.04. The minimum Gasteiger partial charge on any atom is -0.147 e. The Morgan fingerprint density at radius 2 is 2.09 bits per heavy atom. The molecule has 1 aliphatic rings. The van der Waals surface area contributed by atoms with Gasteiger partial charge in [0, 0.05) is 0 Å². The molecule has 0 saturated heterocycles. The van der Waals surface area contributed by atoms with Crippen molar-refractivity contribution in [3.05, 3.63) is 21.6 Å². The molecular formula is C8H14Cl2Ti. The van der Waals surface area contributed by atoms with E-state index in [9.17, 15) is 0 Å². The van der Waals surface area contributed by atoms with Gasteiger partial charge in [-0.1, -0.05) is 0 Å². The van der Waals surface area contributed by atoms with Gasteiger partial charge >= 0.3 is 65.7 Å². The quantitative estimate of drug-likeness (QED) is 0.634. The van der Waals surface area contributed by atoms with Crippen LogP contribution in [0.2, 0.25) is 5.23 Å². The van der Waals surface area contributed by atoms with Crippen LogP contribution in [0.5, 0.6) is 0 Å². The molecule has 0 heterocycles. The molecule has 64 valence electrons. The Hall–Kier alpha value is 0.774. The van der Waals surface area contributed by atoms with Crippen molar-refractivity contribution in [1.82, 2.24) is 0 Å². The first kappa shape index (κ1) is 14.3. The molecule has 0 amide bonds. The second-order valence-electron chi connectivity index (χ2n) is 2.26. The van der Waals surface area contributed by atoms with Crippen LogP contribution in [-0.4, -0.2) is 0 Å². The van der Waals surface area contributed by atoms with Crippen molar-refractivity contribution in [1.29, 1.82) is 0 Å². The molecule has 11 heavy (non-hydrogen) atoms. The summed E-state index contributed by atoms with van der Waals surface area (Å²) < 4.78 is 1.71. The fourth-order valence-corrected chi connectivity index (χ4v) is 2.00. The summed E-state index contributed by atoms with van der Waals surface area (Å²) in [6.45, 7) is 2.22. The maximum atomic E-state index is 2.39. The maximum absolute atomic E-state index is 2.39. The zero-order chi connectivity index (χ0) is 6.69. The van der Waals surface area contributed by atoms with Gasteiger partial charge in [-0.05, 0) is 0 Å². The van der Waals surface area contributed by atoms with E-state index in [0.29, 0.717) is 0 Å². The van der Waals surface area contributed by atoms with E-state index in [4.69, 9.17) is 0 Å². The summed E-state index contributed by atoms with van der Waals surface area (Å²) in [5.41, 5.74) is 1.55. The zero-order valence-corrected chi connectivity index (χ0v) is 10.1. The van der Waals surface area contributed by atoms with Crippen LogP contribution in [0, 0.1) is 0 Å². The molecular weight excluding hydrogens is 215 g/mol. The van der Waals surface area contributed by atoms with Crippen LogP contribution < -0.4 is 0 Å². The van der Waals surface area contributed by atoms with Crippen LogP contribution in [0.4, 0.5) is 0 Å². The molecule has 0 radical (unpaired) electrons. The van der Waals surface area contributed by atoms with E-state index in [1.807, 2.05) is 0 Å². The van der Waals surface area contributed by atoms with Crippen molar-refractivity contribution >= 4 is 24.8 Å². The van der Waals surface area contributed by atoms with Crippen LogP contribution in [-0.2, 0) is 19.2 Å². The average Bonchev–Trinajstić information content (AvgIpc) is 2.34. The Labute approximate surface area is 90.3 Å². The molecule has 3 heteroatoms. The molecule has 0 fully saturated rings. The minimum atomic E-state index is 0.